The zero-order valence-corrected chi connectivity index (χ0v) is 12.4. The number of benzene rings is 1. The van der Waals surface area contributed by atoms with E-state index in [-0.39, 0.29) is 0 Å². The lowest BCUT2D eigenvalue weighted by atomic mass is 10.1. The second-order valence-electron chi connectivity index (χ2n) is 5.77. The number of rotatable bonds is 2. The van der Waals surface area contributed by atoms with Crippen molar-refractivity contribution >= 4 is 17.0 Å². The Labute approximate surface area is 129 Å². The lowest BCUT2D eigenvalue weighted by molar-refractivity contribution is 0.573. The average Bonchev–Trinajstić information content (AvgIpc) is 3.04. The van der Waals surface area contributed by atoms with Crippen LogP contribution in [0, 0.1) is 0 Å². The molecule has 0 spiro atoms. The van der Waals surface area contributed by atoms with E-state index in [2.05, 4.69) is 16.1 Å². The maximum Gasteiger partial charge on any atom is 0.182 e. The van der Waals surface area contributed by atoms with Crippen LogP contribution in [0.4, 0.5) is 11.5 Å². The Balaban J connectivity index is 1.84. The third kappa shape index (κ3) is 2.28. The predicted molar refractivity (Wildman–Crippen MR) is 88.9 cm³/mol. The van der Waals surface area contributed by atoms with Crippen molar-refractivity contribution in [2.45, 2.75) is 19.3 Å². The number of hydrogen-bond acceptors (Lipinski definition) is 4. The van der Waals surface area contributed by atoms with E-state index in [1.54, 1.807) is 0 Å². The summed E-state index contributed by atoms with van der Waals surface area (Å²) in [6.07, 6.45) is 5.75. The van der Waals surface area contributed by atoms with Gasteiger partial charge in [0.15, 0.2) is 11.6 Å². The number of hydrogen-bond donors (Lipinski definition) is 1. The third-order valence-electron chi connectivity index (χ3n) is 4.20. The van der Waals surface area contributed by atoms with E-state index in [9.17, 15) is 0 Å². The zero-order valence-electron chi connectivity index (χ0n) is 12.4. The van der Waals surface area contributed by atoms with Crippen molar-refractivity contribution in [2.24, 2.45) is 0 Å². The van der Waals surface area contributed by atoms with Crippen LogP contribution in [0.15, 0.2) is 42.6 Å². The molecule has 0 unspecified atom stereocenters. The average molecular weight is 293 g/mol. The summed E-state index contributed by atoms with van der Waals surface area (Å²) in [5.41, 5.74) is 8.58. The molecule has 0 saturated carbocycles. The highest BCUT2D eigenvalue weighted by atomic mass is 15.3. The fourth-order valence-electron chi connectivity index (χ4n) is 3.01. The van der Waals surface area contributed by atoms with Crippen LogP contribution in [-0.4, -0.2) is 27.7 Å². The Hall–Kier alpha value is -2.56. The fourth-order valence-corrected chi connectivity index (χ4v) is 3.01. The Morgan fingerprint density at radius 2 is 1.73 bits per heavy atom. The van der Waals surface area contributed by atoms with Gasteiger partial charge in [-0.15, -0.1) is 5.10 Å². The predicted octanol–water partition coefficient (Wildman–Crippen LogP) is 2.97. The summed E-state index contributed by atoms with van der Waals surface area (Å²) in [5.74, 6) is 1.77. The minimum atomic E-state index is 0.740. The lowest BCUT2D eigenvalue weighted by Crippen LogP contribution is -2.30. The summed E-state index contributed by atoms with van der Waals surface area (Å²) in [5, 5.41) is 4.63. The van der Waals surface area contributed by atoms with E-state index in [0.29, 0.717) is 0 Å². The van der Waals surface area contributed by atoms with E-state index >= 15 is 0 Å². The van der Waals surface area contributed by atoms with Crippen molar-refractivity contribution in [3.63, 3.8) is 0 Å². The minimum Gasteiger partial charge on any atom is -0.399 e. The van der Waals surface area contributed by atoms with Gasteiger partial charge in [0, 0.05) is 30.5 Å². The van der Waals surface area contributed by atoms with Crippen LogP contribution in [0.5, 0.6) is 0 Å². The molecule has 2 N–H and O–H groups in total. The number of nitrogens with two attached hydrogens (primary N) is 1. The summed E-state index contributed by atoms with van der Waals surface area (Å²) in [6, 6.07) is 11.8. The van der Waals surface area contributed by atoms with Crippen molar-refractivity contribution < 1.29 is 0 Å². The molecule has 5 heteroatoms. The Kier molecular flexibility index (Phi) is 3.18. The molecule has 5 nitrogen and oxygen atoms in total. The first-order chi connectivity index (χ1) is 10.8. The molecule has 3 heterocycles. The maximum absolute atomic E-state index is 5.77. The highest BCUT2D eigenvalue weighted by molar-refractivity contribution is 5.72. The highest BCUT2D eigenvalue weighted by Gasteiger charge is 2.17. The van der Waals surface area contributed by atoms with Gasteiger partial charge in [-0.25, -0.2) is 9.50 Å². The summed E-state index contributed by atoms with van der Waals surface area (Å²) in [4.78, 5) is 7.23. The van der Waals surface area contributed by atoms with Gasteiger partial charge in [0.05, 0.1) is 0 Å². The largest absolute Gasteiger partial charge is 0.399 e. The summed E-state index contributed by atoms with van der Waals surface area (Å²) < 4.78 is 1.92. The molecule has 112 valence electrons. The first kappa shape index (κ1) is 13.1. The molecule has 1 fully saturated rings. The number of fused-ring (bicyclic) bond motifs is 1. The van der Waals surface area contributed by atoms with Crippen LogP contribution in [0.3, 0.4) is 0 Å². The van der Waals surface area contributed by atoms with Gasteiger partial charge in [0.2, 0.25) is 0 Å². The second kappa shape index (κ2) is 5.33. The lowest BCUT2D eigenvalue weighted by Gasteiger charge is -2.28. The van der Waals surface area contributed by atoms with E-state index < -0.39 is 0 Å². The third-order valence-corrected chi connectivity index (χ3v) is 4.20. The number of nitrogens with zero attached hydrogens (tertiary/aromatic N) is 4. The van der Waals surface area contributed by atoms with Crippen molar-refractivity contribution in [3.8, 4) is 11.4 Å². The molecule has 2 aromatic heterocycles. The quantitative estimate of drug-likeness (QED) is 0.738. The zero-order chi connectivity index (χ0) is 14.9. The van der Waals surface area contributed by atoms with Gasteiger partial charge in [-0.05, 0) is 55.7 Å². The molecule has 1 aromatic carbocycles. The molecule has 0 atom stereocenters. The van der Waals surface area contributed by atoms with Crippen LogP contribution in [0.25, 0.3) is 16.9 Å². The maximum atomic E-state index is 5.77. The van der Waals surface area contributed by atoms with Gasteiger partial charge < -0.3 is 10.6 Å². The van der Waals surface area contributed by atoms with E-state index in [1.165, 1.54) is 19.3 Å². The number of nitrogen functional groups attached to an aromatic ring is 1. The van der Waals surface area contributed by atoms with Gasteiger partial charge in [-0.3, -0.25) is 0 Å². The topological polar surface area (TPSA) is 59.5 Å². The molecular weight excluding hydrogens is 274 g/mol. The fraction of sp³-hybridized carbons (Fsp3) is 0.294. The molecule has 0 bridgehead atoms. The molecule has 0 aliphatic carbocycles. The monoisotopic (exact) mass is 293 g/mol. The summed E-state index contributed by atoms with van der Waals surface area (Å²) in [6.45, 7) is 2.14. The van der Waals surface area contributed by atoms with Crippen molar-refractivity contribution in [1.82, 2.24) is 14.6 Å². The van der Waals surface area contributed by atoms with E-state index in [1.807, 2.05) is 41.0 Å². The van der Waals surface area contributed by atoms with Crippen LogP contribution in [0.1, 0.15) is 19.3 Å². The SMILES string of the molecule is Nc1ccc(-c2nc(N3CCCCC3)c3cccn3n2)cc1. The van der Waals surface area contributed by atoms with Crippen molar-refractivity contribution in [1.29, 1.82) is 0 Å². The standard InChI is InChI=1S/C17H19N5/c18-14-8-6-13(7-9-14)16-19-17(21-10-2-1-3-11-21)15-5-4-12-22(15)20-16/h4-9,12H,1-3,10-11,18H2. The van der Waals surface area contributed by atoms with Crippen molar-refractivity contribution in [2.75, 3.05) is 23.7 Å². The van der Waals surface area contributed by atoms with Gasteiger partial charge in [0.1, 0.15) is 5.52 Å². The van der Waals surface area contributed by atoms with E-state index in [4.69, 9.17) is 10.7 Å². The second-order valence-corrected chi connectivity index (χ2v) is 5.77. The van der Waals surface area contributed by atoms with Gasteiger partial charge in [-0.2, -0.15) is 0 Å². The molecule has 1 aliphatic rings. The molecular formula is C17H19N5. The highest BCUT2D eigenvalue weighted by Crippen LogP contribution is 2.26. The molecule has 4 rings (SSSR count). The minimum absolute atomic E-state index is 0.740. The molecule has 3 aromatic rings. The normalized spacial score (nSPS) is 15.4. The van der Waals surface area contributed by atoms with Crippen LogP contribution >= 0.6 is 0 Å². The number of piperidine rings is 1. The van der Waals surface area contributed by atoms with Crippen LogP contribution in [0.2, 0.25) is 0 Å². The van der Waals surface area contributed by atoms with Gasteiger partial charge in [-0.1, -0.05) is 0 Å². The molecule has 1 saturated heterocycles. The van der Waals surface area contributed by atoms with E-state index in [0.717, 1.165) is 41.5 Å². The smallest absolute Gasteiger partial charge is 0.182 e. The molecule has 0 radical (unpaired) electrons. The van der Waals surface area contributed by atoms with Gasteiger partial charge in [0.25, 0.3) is 0 Å². The molecule has 22 heavy (non-hydrogen) atoms. The summed E-state index contributed by atoms with van der Waals surface area (Å²) >= 11 is 0. The first-order valence-electron chi connectivity index (χ1n) is 7.77. The Morgan fingerprint density at radius 3 is 2.50 bits per heavy atom. The van der Waals surface area contributed by atoms with Crippen LogP contribution < -0.4 is 10.6 Å². The van der Waals surface area contributed by atoms with Crippen molar-refractivity contribution in [3.05, 3.63) is 42.6 Å². The summed E-state index contributed by atoms with van der Waals surface area (Å²) in [7, 11) is 0. The van der Waals surface area contributed by atoms with Gasteiger partial charge >= 0.3 is 0 Å². The van der Waals surface area contributed by atoms with Crippen LogP contribution in [-0.2, 0) is 0 Å². The first-order valence-corrected chi connectivity index (χ1v) is 7.77. The Morgan fingerprint density at radius 1 is 0.955 bits per heavy atom. The number of aromatic nitrogens is 3. The molecule has 0 amide bonds. The Bertz CT molecular complexity index is 784. The number of anilines is 2. The molecule has 1 aliphatic heterocycles.